The molecule has 0 bridgehead atoms. The zero-order valence-electron chi connectivity index (χ0n) is 13.7. The molecular formula is C16H31N3O. The molecule has 2 aliphatic rings. The first kappa shape index (κ1) is 15.8. The maximum Gasteiger partial charge on any atom is 0.241 e. The van der Waals surface area contributed by atoms with Crippen LogP contribution < -0.4 is 5.32 Å². The van der Waals surface area contributed by atoms with E-state index in [-0.39, 0.29) is 12.2 Å². The fourth-order valence-corrected chi connectivity index (χ4v) is 3.59. The van der Waals surface area contributed by atoms with E-state index in [0.717, 1.165) is 13.1 Å². The summed E-state index contributed by atoms with van der Waals surface area (Å²) in [5.41, 5.74) is 0. The molecule has 0 saturated carbocycles. The van der Waals surface area contributed by atoms with Gasteiger partial charge in [-0.25, -0.2) is 0 Å². The molecule has 3 unspecified atom stereocenters. The minimum absolute atomic E-state index is 0.00344. The third-order valence-electron chi connectivity index (χ3n) is 4.71. The van der Waals surface area contributed by atoms with Crippen molar-refractivity contribution in [1.29, 1.82) is 0 Å². The molecule has 0 aromatic heterocycles. The lowest BCUT2D eigenvalue weighted by molar-refractivity contribution is -0.132. The van der Waals surface area contributed by atoms with Crippen LogP contribution in [0.5, 0.6) is 0 Å². The largest absolute Gasteiger partial charge is 0.325 e. The Hall–Kier alpha value is -0.610. The zero-order valence-corrected chi connectivity index (χ0v) is 13.7. The van der Waals surface area contributed by atoms with Gasteiger partial charge in [0, 0.05) is 13.1 Å². The molecule has 2 heterocycles. The van der Waals surface area contributed by atoms with E-state index in [1.54, 1.807) is 0 Å². The standard InChI is InChI=1S/C16H31N3O/c1-11(2)14-16(20)19(15(17-14)12(3)4)10-13-7-6-8-18(5)9-13/h11-15,17H,6-10H2,1-5H3. The Bertz CT molecular complexity index is 343. The lowest BCUT2D eigenvalue weighted by atomic mass is 9.97. The lowest BCUT2D eigenvalue weighted by Crippen LogP contribution is -2.46. The van der Waals surface area contributed by atoms with Gasteiger partial charge < -0.3 is 9.80 Å². The van der Waals surface area contributed by atoms with E-state index in [4.69, 9.17) is 0 Å². The molecule has 0 aliphatic carbocycles. The van der Waals surface area contributed by atoms with Gasteiger partial charge in [-0.15, -0.1) is 0 Å². The number of amides is 1. The minimum atomic E-state index is 0.00344. The van der Waals surface area contributed by atoms with Crippen molar-refractivity contribution < 1.29 is 4.79 Å². The van der Waals surface area contributed by atoms with Crippen LogP contribution in [0.1, 0.15) is 40.5 Å². The van der Waals surface area contributed by atoms with Gasteiger partial charge in [-0.3, -0.25) is 10.1 Å². The number of carbonyl (C=O) groups excluding carboxylic acids is 1. The fraction of sp³-hybridized carbons (Fsp3) is 0.938. The molecule has 2 rings (SSSR count). The van der Waals surface area contributed by atoms with Crippen LogP contribution in [-0.2, 0) is 4.79 Å². The highest BCUT2D eigenvalue weighted by atomic mass is 16.2. The number of piperidine rings is 1. The van der Waals surface area contributed by atoms with E-state index < -0.39 is 0 Å². The molecule has 20 heavy (non-hydrogen) atoms. The second kappa shape index (κ2) is 6.44. The Morgan fingerprint density at radius 1 is 1.25 bits per heavy atom. The monoisotopic (exact) mass is 281 g/mol. The molecule has 2 saturated heterocycles. The van der Waals surface area contributed by atoms with Gasteiger partial charge in [-0.05, 0) is 44.2 Å². The van der Waals surface area contributed by atoms with Crippen molar-refractivity contribution in [2.45, 2.75) is 52.7 Å². The van der Waals surface area contributed by atoms with E-state index in [9.17, 15) is 4.79 Å². The number of carbonyl (C=O) groups is 1. The molecule has 1 N–H and O–H groups in total. The van der Waals surface area contributed by atoms with Crippen LogP contribution in [0.3, 0.4) is 0 Å². The van der Waals surface area contributed by atoms with Crippen molar-refractivity contribution in [2.24, 2.45) is 17.8 Å². The molecule has 4 heteroatoms. The summed E-state index contributed by atoms with van der Waals surface area (Å²) in [6, 6.07) is 0.00344. The minimum Gasteiger partial charge on any atom is -0.325 e. The van der Waals surface area contributed by atoms with Crippen molar-refractivity contribution >= 4 is 5.91 Å². The smallest absolute Gasteiger partial charge is 0.241 e. The van der Waals surface area contributed by atoms with Gasteiger partial charge >= 0.3 is 0 Å². The van der Waals surface area contributed by atoms with E-state index in [1.807, 2.05) is 0 Å². The quantitative estimate of drug-likeness (QED) is 0.853. The van der Waals surface area contributed by atoms with Crippen molar-refractivity contribution in [3.8, 4) is 0 Å². The van der Waals surface area contributed by atoms with E-state index in [2.05, 4.69) is 49.9 Å². The summed E-state index contributed by atoms with van der Waals surface area (Å²) in [7, 11) is 2.19. The number of nitrogens with zero attached hydrogens (tertiary/aromatic N) is 2. The van der Waals surface area contributed by atoms with Crippen LogP contribution in [0.25, 0.3) is 0 Å². The van der Waals surface area contributed by atoms with Crippen molar-refractivity contribution in [3.63, 3.8) is 0 Å². The Kier molecular flexibility index (Phi) is 5.08. The topological polar surface area (TPSA) is 35.6 Å². The SMILES string of the molecule is CC(C)C1NC(C(C)C)N(CC2CCCN(C)C2)C1=O. The molecule has 1 amide bonds. The molecule has 0 aromatic carbocycles. The third kappa shape index (κ3) is 3.34. The molecule has 2 aliphatic heterocycles. The maximum atomic E-state index is 12.7. The summed E-state index contributed by atoms with van der Waals surface area (Å²) in [5, 5.41) is 3.55. The second-order valence-corrected chi connectivity index (χ2v) is 7.34. The highest BCUT2D eigenvalue weighted by Crippen LogP contribution is 2.25. The van der Waals surface area contributed by atoms with Gasteiger partial charge in [0.05, 0.1) is 12.2 Å². The second-order valence-electron chi connectivity index (χ2n) is 7.34. The Morgan fingerprint density at radius 3 is 2.50 bits per heavy atom. The van der Waals surface area contributed by atoms with Gasteiger partial charge in [-0.1, -0.05) is 27.7 Å². The molecular weight excluding hydrogens is 250 g/mol. The van der Waals surface area contributed by atoms with Crippen LogP contribution >= 0.6 is 0 Å². The Labute approximate surface area is 123 Å². The predicted molar refractivity (Wildman–Crippen MR) is 82.3 cm³/mol. The number of nitrogens with one attached hydrogen (secondary N) is 1. The Balaban J connectivity index is 2.04. The molecule has 2 fully saturated rings. The van der Waals surface area contributed by atoms with Crippen molar-refractivity contribution in [2.75, 3.05) is 26.7 Å². The molecule has 0 spiro atoms. The van der Waals surface area contributed by atoms with E-state index in [1.165, 1.54) is 19.4 Å². The first-order valence-electron chi connectivity index (χ1n) is 8.15. The number of likely N-dealkylation sites (tertiary alicyclic amines) is 1. The van der Waals surface area contributed by atoms with Crippen molar-refractivity contribution in [1.82, 2.24) is 15.1 Å². The third-order valence-corrected chi connectivity index (χ3v) is 4.71. The molecule has 0 radical (unpaired) electrons. The predicted octanol–water partition coefficient (Wildman–Crippen LogP) is 1.77. The van der Waals surface area contributed by atoms with Gasteiger partial charge in [0.25, 0.3) is 0 Å². The van der Waals surface area contributed by atoms with Crippen LogP contribution in [0.4, 0.5) is 0 Å². The average molecular weight is 281 g/mol. The van der Waals surface area contributed by atoms with Crippen LogP contribution in [-0.4, -0.2) is 54.6 Å². The average Bonchev–Trinajstić information content (AvgIpc) is 2.67. The van der Waals surface area contributed by atoms with Gasteiger partial charge in [0.15, 0.2) is 0 Å². The summed E-state index contributed by atoms with van der Waals surface area (Å²) in [6.45, 7) is 11.9. The van der Waals surface area contributed by atoms with E-state index in [0.29, 0.717) is 23.7 Å². The summed E-state index contributed by atoms with van der Waals surface area (Å²) in [6.07, 6.45) is 2.73. The first-order valence-corrected chi connectivity index (χ1v) is 8.15. The molecule has 4 nitrogen and oxygen atoms in total. The molecule has 0 aromatic rings. The summed E-state index contributed by atoms with van der Waals surface area (Å²) in [4.78, 5) is 17.2. The summed E-state index contributed by atoms with van der Waals surface area (Å²) in [5.74, 6) is 1.77. The van der Waals surface area contributed by atoms with E-state index >= 15 is 0 Å². The number of hydrogen-bond acceptors (Lipinski definition) is 3. The lowest BCUT2D eigenvalue weighted by Gasteiger charge is -2.35. The summed E-state index contributed by atoms with van der Waals surface area (Å²) < 4.78 is 0. The normalized spacial score (nSPS) is 32.6. The number of rotatable bonds is 4. The van der Waals surface area contributed by atoms with Gasteiger partial charge in [-0.2, -0.15) is 0 Å². The fourth-order valence-electron chi connectivity index (χ4n) is 3.59. The van der Waals surface area contributed by atoms with Crippen molar-refractivity contribution in [3.05, 3.63) is 0 Å². The van der Waals surface area contributed by atoms with Crippen LogP contribution in [0.2, 0.25) is 0 Å². The highest BCUT2D eigenvalue weighted by Gasteiger charge is 2.42. The van der Waals surface area contributed by atoms with Crippen LogP contribution in [0.15, 0.2) is 0 Å². The maximum absolute atomic E-state index is 12.7. The van der Waals surface area contributed by atoms with Crippen LogP contribution in [0, 0.1) is 17.8 Å². The summed E-state index contributed by atoms with van der Waals surface area (Å²) >= 11 is 0. The number of hydrogen-bond donors (Lipinski definition) is 1. The zero-order chi connectivity index (χ0) is 14.9. The molecule has 3 atom stereocenters. The Morgan fingerprint density at radius 2 is 1.95 bits per heavy atom. The van der Waals surface area contributed by atoms with Gasteiger partial charge in [0.2, 0.25) is 5.91 Å². The highest BCUT2D eigenvalue weighted by molar-refractivity contribution is 5.84. The van der Waals surface area contributed by atoms with Gasteiger partial charge in [0.1, 0.15) is 0 Å². The molecule has 116 valence electrons. The first-order chi connectivity index (χ1) is 9.40.